The maximum absolute atomic E-state index is 13.5. The van der Waals surface area contributed by atoms with Gasteiger partial charge in [-0.2, -0.15) is 0 Å². The molecule has 0 aliphatic rings. The third-order valence-corrected chi connectivity index (χ3v) is 3.50. The third-order valence-electron chi connectivity index (χ3n) is 3.50. The Hall–Kier alpha value is -3.10. The van der Waals surface area contributed by atoms with Crippen LogP contribution in [0.3, 0.4) is 0 Å². The zero-order valence-electron chi connectivity index (χ0n) is 14.1. The van der Waals surface area contributed by atoms with Gasteiger partial charge in [0, 0.05) is 17.7 Å². The lowest BCUT2D eigenvalue weighted by Gasteiger charge is -2.08. The predicted octanol–water partition coefficient (Wildman–Crippen LogP) is 4.16. The van der Waals surface area contributed by atoms with Crippen molar-refractivity contribution in [1.29, 1.82) is 0 Å². The first-order valence-electron chi connectivity index (χ1n) is 7.37. The van der Waals surface area contributed by atoms with Crippen LogP contribution in [0.4, 0.5) is 22.0 Å². The molecule has 0 aromatic heterocycles. The second kappa shape index (κ2) is 8.52. The highest BCUT2D eigenvalue weighted by Crippen LogP contribution is 2.26. The molecule has 0 saturated carbocycles. The van der Waals surface area contributed by atoms with Crippen LogP contribution in [-0.2, 0) is 16.1 Å². The maximum atomic E-state index is 13.5. The van der Waals surface area contributed by atoms with E-state index in [1.807, 2.05) is 0 Å². The van der Waals surface area contributed by atoms with E-state index in [-0.39, 0.29) is 0 Å². The molecule has 0 spiro atoms. The summed E-state index contributed by atoms with van der Waals surface area (Å²) in [5.41, 5.74) is -0.776. The van der Waals surface area contributed by atoms with E-state index in [1.165, 1.54) is 20.3 Å². The standard InChI is InChI=1S/C18H13F5O4/c1-25-10-5-3-9(12(7-10)26-2)4-6-13(24)27-8-11-14(19)16(21)18(23)17(22)15(11)20/h3-7H,8H2,1-2H3/b6-4+. The molecule has 0 bridgehead atoms. The van der Waals surface area contributed by atoms with Crippen molar-refractivity contribution >= 4 is 12.0 Å². The van der Waals surface area contributed by atoms with E-state index in [4.69, 9.17) is 9.47 Å². The Labute approximate surface area is 150 Å². The van der Waals surface area contributed by atoms with Crippen LogP contribution >= 0.6 is 0 Å². The van der Waals surface area contributed by atoms with Gasteiger partial charge in [0.05, 0.1) is 19.8 Å². The number of carbonyl (C=O) groups excluding carboxylic acids is 1. The molecule has 144 valence electrons. The summed E-state index contributed by atoms with van der Waals surface area (Å²) in [5, 5.41) is 0. The molecule has 0 saturated heterocycles. The van der Waals surface area contributed by atoms with Crippen molar-refractivity contribution in [3.05, 3.63) is 64.5 Å². The lowest BCUT2D eigenvalue weighted by molar-refractivity contribution is -0.139. The molecule has 9 heteroatoms. The molecule has 4 nitrogen and oxygen atoms in total. The largest absolute Gasteiger partial charge is 0.497 e. The molecule has 0 radical (unpaired) electrons. The molecular weight excluding hydrogens is 375 g/mol. The van der Waals surface area contributed by atoms with Crippen molar-refractivity contribution in [3.8, 4) is 11.5 Å². The topological polar surface area (TPSA) is 44.8 Å². The van der Waals surface area contributed by atoms with Crippen molar-refractivity contribution in [2.45, 2.75) is 6.61 Å². The van der Waals surface area contributed by atoms with Gasteiger partial charge in [0.1, 0.15) is 18.1 Å². The molecule has 0 aliphatic heterocycles. The highest BCUT2D eigenvalue weighted by atomic mass is 19.2. The van der Waals surface area contributed by atoms with E-state index >= 15 is 0 Å². The van der Waals surface area contributed by atoms with Crippen LogP contribution in [0.2, 0.25) is 0 Å². The molecule has 0 amide bonds. The van der Waals surface area contributed by atoms with E-state index in [9.17, 15) is 26.7 Å². The van der Waals surface area contributed by atoms with Crippen molar-refractivity contribution < 1.29 is 41.0 Å². The molecule has 0 atom stereocenters. The fourth-order valence-corrected chi connectivity index (χ4v) is 2.08. The lowest BCUT2D eigenvalue weighted by Crippen LogP contribution is -2.10. The number of rotatable bonds is 6. The average Bonchev–Trinajstić information content (AvgIpc) is 2.68. The van der Waals surface area contributed by atoms with Gasteiger partial charge >= 0.3 is 5.97 Å². The number of methoxy groups -OCH3 is 2. The molecule has 0 aliphatic carbocycles. The van der Waals surface area contributed by atoms with Crippen LogP contribution in [0.1, 0.15) is 11.1 Å². The van der Waals surface area contributed by atoms with Gasteiger partial charge in [-0.1, -0.05) is 0 Å². The summed E-state index contributed by atoms with van der Waals surface area (Å²) in [4.78, 5) is 11.7. The van der Waals surface area contributed by atoms with Gasteiger partial charge < -0.3 is 14.2 Å². The zero-order chi connectivity index (χ0) is 20.1. The van der Waals surface area contributed by atoms with Gasteiger partial charge in [0.15, 0.2) is 23.3 Å². The Kier molecular flexibility index (Phi) is 6.38. The first kappa shape index (κ1) is 20.2. The van der Waals surface area contributed by atoms with Crippen molar-refractivity contribution in [3.63, 3.8) is 0 Å². The summed E-state index contributed by atoms with van der Waals surface area (Å²) >= 11 is 0. The smallest absolute Gasteiger partial charge is 0.331 e. The van der Waals surface area contributed by atoms with Gasteiger partial charge in [0.25, 0.3) is 0 Å². The van der Waals surface area contributed by atoms with E-state index in [0.29, 0.717) is 17.1 Å². The monoisotopic (exact) mass is 388 g/mol. The number of benzene rings is 2. The molecule has 27 heavy (non-hydrogen) atoms. The second-order valence-corrected chi connectivity index (χ2v) is 5.10. The minimum atomic E-state index is -2.29. The highest BCUT2D eigenvalue weighted by molar-refractivity contribution is 5.87. The minimum absolute atomic E-state index is 0.373. The summed E-state index contributed by atoms with van der Waals surface area (Å²) in [7, 11) is 2.86. The van der Waals surface area contributed by atoms with Gasteiger partial charge in [0.2, 0.25) is 5.82 Å². The minimum Gasteiger partial charge on any atom is -0.497 e. The Balaban J connectivity index is 2.13. The third kappa shape index (κ3) is 4.36. The van der Waals surface area contributed by atoms with Crippen molar-refractivity contribution in [2.24, 2.45) is 0 Å². The first-order valence-corrected chi connectivity index (χ1v) is 7.37. The van der Waals surface area contributed by atoms with Crippen LogP contribution < -0.4 is 9.47 Å². The predicted molar refractivity (Wildman–Crippen MR) is 84.6 cm³/mol. The Morgan fingerprint density at radius 3 is 2.07 bits per heavy atom. The van der Waals surface area contributed by atoms with E-state index < -0.39 is 47.2 Å². The number of halogens is 5. The van der Waals surface area contributed by atoms with Crippen LogP contribution in [-0.4, -0.2) is 20.2 Å². The first-order chi connectivity index (χ1) is 12.8. The fourth-order valence-electron chi connectivity index (χ4n) is 2.08. The SMILES string of the molecule is COc1ccc(/C=C/C(=O)OCc2c(F)c(F)c(F)c(F)c2F)c(OC)c1. The number of hydrogen-bond acceptors (Lipinski definition) is 4. The summed E-state index contributed by atoms with van der Waals surface area (Å²) in [6, 6.07) is 4.73. The van der Waals surface area contributed by atoms with Crippen LogP contribution in [0, 0.1) is 29.1 Å². The molecular formula is C18H13F5O4. The number of carbonyl (C=O) groups is 1. The van der Waals surface area contributed by atoms with Gasteiger partial charge in [-0.05, 0) is 18.2 Å². The molecule has 2 aromatic carbocycles. The summed E-state index contributed by atoms with van der Waals surface area (Å²) in [5.74, 6) is -10.8. The Bertz CT molecular complexity index is 867. The number of esters is 1. The Morgan fingerprint density at radius 2 is 1.52 bits per heavy atom. The van der Waals surface area contributed by atoms with E-state index in [2.05, 4.69) is 4.74 Å². The quantitative estimate of drug-likeness (QED) is 0.245. The normalized spacial score (nSPS) is 10.9. The molecule has 2 aromatic rings. The van der Waals surface area contributed by atoms with Gasteiger partial charge in [-0.3, -0.25) is 0 Å². The summed E-state index contributed by atoms with van der Waals surface area (Å²) in [6.45, 7) is -1.13. The average molecular weight is 388 g/mol. The maximum Gasteiger partial charge on any atom is 0.331 e. The van der Waals surface area contributed by atoms with Crippen molar-refractivity contribution in [1.82, 2.24) is 0 Å². The molecule has 0 N–H and O–H groups in total. The van der Waals surface area contributed by atoms with Gasteiger partial charge in [-0.15, -0.1) is 0 Å². The number of hydrogen-bond donors (Lipinski definition) is 0. The molecule has 2 rings (SSSR count). The summed E-state index contributed by atoms with van der Waals surface area (Å²) < 4.78 is 80.9. The van der Waals surface area contributed by atoms with E-state index in [0.717, 1.165) is 6.08 Å². The second-order valence-electron chi connectivity index (χ2n) is 5.10. The van der Waals surface area contributed by atoms with Crippen LogP contribution in [0.25, 0.3) is 6.08 Å². The van der Waals surface area contributed by atoms with Crippen LogP contribution in [0.15, 0.2) is 24.3 Å². The number of ether oxygens (including phenoxy) is 3. The Morgan fingerprint density at radius 1 is 0.926 bits per heavy atom. The summed E-state index contributed by atoms with van der Waals surface area (Å²) in [6.07, 6.45) is 2.20. The van der Waals surface area contributed by atoms with Crippen molar-refractivity contribution in [2.75, 3.05) is 14.2 Å². The van der Waals surface area contributed by atoms with E-state index in [1.54, 1.807) is 18.2 Å². The lowest BCUT2D eigenvalue weighted by atomic mass is 10.1. The fraction of sp³-hybridized carbons (Fsp3) is 0.167. The van der Waals surface area contributed by atoms with Crippen LogP contribution in [0.5, 0.6) is 11.5 Å². The zero-order valence-corrected chi connectivity index (χ0v) is 14.1. The van der Waals surface area contributed by atoms with Gasteiger partial charge in [-0.25, -0.2) is 26.7 Å². The molecule has 0 fully saturated rings. The highest BCUT2D eigenvalue weighted by Gasteiger charge is 2.26. The molecule has 0 unspecified atom stereocenters. The molecule has 0 heterocycles.